The molecule has 1 aromatic rings. The average Bonchev–Trinajstić information content (AvgIpc) is 3.61. The second-order valence-electron chi connectivity index (χ2n) is 11.3. The fourth-order valence-corrected chi connectivity index (χ4v) is 7.12. The van der Waals surface area contributed by atoms with Gasteiger partial charge in [-0.05, 0) is 31.2 Å². The van der Waals surface area contributed by atoms with E-state index in [1.165, 1.54) is 0 Å². The maximum Gasteiger partial charge on any atom is 0.248 e. The molecule has 218 valence electrons. The molecule has 2 unspecified atom stereocenters. The zero-order valence-corrected chi connectivity index (χ0v) is 24.0. The third kappa shape index (κ3) is 5.23. The number of hydrogen-bond acceptors (Lipinski definition) is 5. The van der Waals surface area contributed by atoms with Crippen LogP contribution in [0.1, 0.15) is 64.0 Å². The molecule has 1 spiro atoms. The number of likely N-dealkylation sites (tertiary alicyclic amines) is 1. The summed E-state index contributed by atoms with van der Waals surface area (Å²) in [6.45, 7) is 13.3. The Morgan fingerprint density at radius 1 is 1.07 bits per heavy atom. The van der Waals surface area contributed by atoms with Gasteiger partial charge in [0, 0.05) is 26.2 Å². The predicted octanol–water partition coefficient (Wildman–Crippen LogP) is 3.72. The van der Waals surface area contributed by atoms with Crippen molar-refractivity contribution >= 4 is 17.7 Å². The first-order valence-corrected chi connectivity index (χ1v) is 14.8. The number of carbonyl (C=O) groups excluding carboxylic acids is 3. The van der Waals surface area contributed by atoms with E-state index < -0.39 is 35.6 Å². The molecular weight excluding hydrogens is 506 g/mol. The highest BCUT2D eigenvalue weighted by molar-refractivity contribution is 5.99. The zero-order valence-electron chi connectivity index (χ0n) is 24.0. The van der Waals surface area contributed by atoms with Crippen molar-refractivity contribution in [3.8, 4) is 0 Å². The lowest BCUT2D eigenvalue weighted by atomic mass is 9.70. The summed E-state index contributed by atoms with van der Waals surface area (Å²) in [5, 5.41) is 10.6. The highest BCUT2D eigenvalue weighted by Crippen LogP contribution is 2.60. The van der Waals surface area contributed by atoms with Crippen LogP contribution in [-0.2, 0) is 19.1 Å². The molecule has 8 nitrogen and oxygen atoms in total. The van der Waals surface area contributed by atoms with Crippen molar-refractivity contribution in [2.45, 2.75) is 76.2 Å². The van der Waals surface area contributed by atoms with E-state index in [1.807, 2.05) is 37.3 Å². The Bertz CT molecular complexity index is 1080. The number of carbonyl (C=O) groups is 3. The lowest BCUT2D eigenvalue weighted by Gasteiger charge is -2.39. The van der Waals surface area contributed by atoms with E-state index in [-0.39, 0.29) is 24.3 Å². The van der Waals surface area contributed by atoms with Gasteiger partial charge in [-0.3, -0.25) is 14.4 Å². The van der Waals surface area contributed by atoms with E-state index in [4.69, 9.17) is 4.74 Å². The zero-order chi connectivity index (χ0) is 28.9. The molecule has 0 aromatic heterocycles. The second-order valence-corrected chi connectivity index (χ2v) is 11.3. The number of rotatable bonds is 15. The van der Waals surface area contributed by atoms with Gasteiger partial charge in [0.1, 0.15) is 11.6 Å². The molecule has 3 fully saturated rings. The molecule has 3 aliphatic rings. The number of hydrogen-bond donors (Lipinski definition) is 1. The summed E-state index contributed by atoms with van der Waals surface area (Å²) in [5.41, 5.74) is -0.372. The first kappa shape index (κ1) is 30.0. The third-order valence-electron chi connectivity index (χ3n) is 8.80. The maximum absolute atomic E-state index is 14.5. The van der Waals surface area contributed by atoms with Crippen LogP contribution >= 0.6 is 0 Å². The molecule has 3 heterocycles. The second kappa shape index (κ2) is 13.1. The molecule has 3 aliphatic heterocycles. The van der Waals surface area contributed by atoms with Crippen LogP contribution in [0.4, 0.5) is 0 Å². The van der Waals surface area contributed by atoms with Crippen molar-refractivity contribution in [1.82, 2.24) is 14.7 Å². The van der Waals surface area contributed by atoms with Gasteiger partial charge >= 0.3 is 0 Å². The van der Waals surface area contributed by atoms with Crippen molar-refractivity contribution in [2.24, 2.45) is 11.8 Å². The fourth-order valence-electron chi connectivity index (χ4n) is 7.12. The van der Waals surface area contributed by atoms with Crippen LogP contribution in [0.15, 0.2) is 55.6 Å². The topological polar surface area (TPSA) is 90.4 Å². The average molecular weight is 552 g/mol. The van der Waals surface area contributed by atoms with Crippen LogP contribution in [-0.4, -0.2) is 88.1 Å². The summed E-state index contributed by atoms with van der Waals surface area (Å²) >= 11 is 0. The molecular formula is C32H45N3O5. The molecule has 2 bridgehead atoms. The lowest BCUT2D eigenvalue weighted by Crippen LogP contribution is -2.57. The predicted molar refractivity (Wildman–Crippen MR) is 154 cm³/mol. The maximum atomic E-state index is 14.5. The van der Waals surface area contributed by atoms with Gasteiger partial charge in [0.15, 0.2) is 0 Å². The Hall–Kier alpha value is -2.97. The molecule has 8 heteroatoms. The summed E-state index contributed by atoms with van der Waals surface area (Å²) in [7, 11) is 0. The van der Waals surface area contributed by atoms with E-state index in [1.54, 1.807) is 26.9 Å². The Labute approximate surface area is 238 Å². The van der Waals surface area contributed by atoms with Crippen LogP contribution in [0.3, 0.4) is 0 Å². The molecule has 1 aromatic carbocycles. The van der Waals surface area contributed by atoms with Crippen LogP contribution in [0.2, 0.25) is 0 Å². The molecule has 1 N–H and O–H groups in total. The number of aliphatic hydroxyl groups is 1. The monoisotopic (exact) mass is 551 g/mol. The van der Waals surface area contributed by atoms with Crippen LogP contribution < -0.4 is 0 Å². The molecule has 3 amide bonds. The standard InChI is InChI=1S/C32H45N3O5/c1-5-9-13-21-34(20-8-4)31(39)28-32-17-16-25(40-32)26(29(37)33(18-6-2)19-7-3)27(32)30(38)35(28)24(22-36)23-14-11-10-12-15-23/h6,8,10-12,14-15,24-28,36H,2,4-5,7,9,13,16-22H2,1,3H3/t24-,25-,26+,27+,28?,32?/m1/s1. The number of aliphatic hydroxyl groups excluding tert-OH is 1. The molecule has 4 rings (SSSR count). The first-order chi connectivity index (χ1) is 19.4. The lowest BCUT2D eigenvalue weighted by molar-refractivity contribution is -0.152. The van der Waals surface area contributed by atoms with Crippen molar-refractivity contribution in [3.63, 3.8) is 0 Å². The largest absolute Gasteiger partial charge is 0.394 e. The molecule has 3 saturated heterocycles. The van der Waals surface area contributed by atoms with E-state index in [2.05, 4.69) is 20.1 Å². The van der Waals surface area contributed by atoms with Gasteiger partial charge in [0.2, 0.25) is 17.7 Å². The fraction of sp³-hybridized carbons (Fsp3) is 0.594. The molecule has 0 radical (unpaired) electrons. The van der Waals surface area contributed by atoms with Gasteiger partial charge in [-0.15, -0.1) is 13.2 Å². The van der Waals surface area contributed by atoms with Crippen LogP contribution in [0, 0.1) is 11.8 Å². The van der Waals surface area contributed by atoms with Crippen molar-refractivity contribution in [2.75, 3.05) is 32.8 Å². The SMILES string of the molecule is C=CCN(CCCCC)C(=O)C1N([C@H](CO)c2ccccc2)C(=O)[C@@H]2[C@@H](C(=O)N(CC=C)CCC)[C@H]3CCC12O3. The van der Waals surface area contributed by atoms with Gasteiger partial charge in [-0.1, -0.05) is 69.2 Å². The van der Waals surface area contributed by atoms with Gasteiger partial charge in [0.05, 0.1) is 30.6 Å². The normalized spacial score (nSPS) is 27.4. The number of ether oxygens (including phenoxy) is 1. The summed E-state index contributed by atoms with van der Waals surface area (Å²) in [6.07, 6.45) is 7.74. The van der Waals surface area contributed by atoms with Gasteiger partial charge < -0.3 is 24.5 Å². The number of amides is 3. The summed E-state index contributed by atoms with van der Waals surface area (Å²) in [5.74, 6) is -2.06. The third-order valence-corrected chi connectivity index (χ3v) is 8.80. The highest BCUT2D eigenvalue weighted by atomic mass is 16.5. The molecule has 0 saturated carbocycles. The highest BCUT2D eigenvalue weighted by Gasteiger charge is 2.75. The van der Waals surface area contributed by atoms with Crippen LogP contribution in [0.25, 0.3) is 0 Å². The number of benzene rings is 1. The van der Waals surface area contributed by atoms with Crippen molar-refractivity contribution < 1.29 is 24.2 Å². The minimum Gasteiger partial charge on any atom is -0.394 e. The number of fused-ring (bicyclic) bond motifs is 1. The van der Waals surface area contributed by atoms with Gasteiger partial charge in [-0.2, -0.15) is 0 Å². The summed E-state index contributed by atoms with van der Waals surface area (Å²) < 4.78 is 6.65. The van der Waals surface area contributed by atoms with E-state index in [0.29, 0.717) is 39.0 Å². The quantitative estimate of drug-likeness (QED) is 0.265. The van der Waals surface area contributed by atoms with Gasteiger partial charge in [-0.25, -0.2) is 0 Å². The molecule has 40 heavy (non-hydrogen) atoms. The van der Waals surface area contributed by atoms with E-state index in [0.717, 1.165) is 31.2 Å². The van der Waals surface area contributed by atoms with Gasteiger partial charge in [0.25, 0.3) is 0 Å². The van der Waals surface area contributed by atoms with Crippen LogP contribution in [0.5, 0.6) is 0 Å². The minimum absolute atomic E-state index is 0.120. The minimum atomic E-state index is -1.11. The molecule has 0 aliphatic carbocycles. The van der Waals surface area contributed by atoms with Crippen molar-refractivity contribution in [3.05, 3.63) is 61.2 Å². The number of nitrogens with zero attached hydrogens (tertiary/aromatic N) is 3. The van der Waals surface area contributed by atoms with E-state index in [9.17, 15) is 19.5 Å². The Morgan fingerprint density at radius 3 is 2.35 bits per heavy atom. The molecule has 6 atom stereocenters. The summed E-state index contributed by atoms with van der Waals surface area (Å²) in [6, 6.07) is 7.63. The Kier molecular flexibility index (Phi) is 9.85. The summed E-state index contributed by atoms with van der Waals surface area (Å²) in [4.78, 5) is 48.0. The number of unbranched alkanes of at least 4 members (excludes halogenated alkanes) is 2. The van der Waals surface area contributed by atoms with E-state index >= 15 is 0 Å². The Morgan fingerprint density at radius 2 is 1.75 bits per heavy atom. The van der Waals surface area contributed by atoms with Crippen molar-refractivity contribution in [1.29, 1.82) is 0 Å². The first-order valence-electron chi connectivity index (χ1n) is 14.8. The smallest absolute Gasteiger partial charge is 0.248 e. The Balaban J connectivity index is 1.79.